The molecular formula is C9H11NO3. The molecule has 0 saturated carbocycles. The number of rotatable bonds is 3. The molecule has 0 aromatic heterocycles. The molecule has 1 rings (SSSR count). The van der Waals surface area contributed by atoms with Crippen molar-refractivity contribution in [1.82, 2.24) is 0 Å². The summed E-state index contributed by atoms with van der Waals surface area (Å²) in [6.45, 7) is 0. The highest BCUT2D eigenvalue weighted by molar-refractivity contribution is 5.95. The Morgan fingerprint density at radius 3 is 2.46 bits per heavy atom. The van der Waals surface area contributed by atoms with Gasteiger partial charge >= 0.3 is 0 Å². The molecule has 2 N–H and O–H groups in total. The molecule has 0 fully saturated rings. The number of primary amides is 1. The van der Waals surface area contributed by atoms with Gasteiger partial charge in [0.05, 0.1) is 19.8 Å². The molecule has 0 aliphatic rings. The molecule has 0 unspecified atom stereocenters. The van der Waals surface area contributed by atoms with Gasteiger partial charge in [0.25, 0.3) is 5.91 Å². The Kier molecular flexibility index (Phi) is 2.74. The number of carbonyl (C=O) groups excluding carboxylic acids is 1. The Balaban J connectivity index is 3.15. The molecule has 1 amide bonds. The second-order valence-electron chi connectivity index (χ2n) is 2.43. The van der Waals surface area contributed by atoms with Crippen LogP contribution in [-0.2, 0) is 0 Å². The summed E-state index contributed by atoms with van der Waals surface area (Å²) < 4.78 is 9.93. The molecule has 4 nitrogen and oxygen atoms in total. The number of nitrogens with two attached hydrogens (primary N) is 1. The molecule has 1 aromatic rings. The fourth-order valence-corrected chi connectivity index (χ4v) is 1.00. The van der Waals surface area contributed by atoms with Crippen LogP contribution in [-0.4, -0.2) is 20.1 Å². The second-order valence-corrected chi connectivity index (χ2v) is 2.43. The van der Waals surface area contributed by atoms with Crippen molar-refractivity contribution in [3.63, 3.8) is 0 Å². The maximum atomic E-state index is 10.9. The molecule has 0 aliphatic heterocycles. The van der Waals surface area contributed by atoms with Crippen LogP contribution in [0.25, 0.3) is 0 Å². The molecular weight excluding hydrogens is 170 g/mol. The number of amides is 1. The smallest absolute Gasteiger partial charge is 0.252 e. The first kappa shape index (κ1) is 9.38. The minimum absolute atomic E-state index is 0.350. The largest absolute Gasteiger partial charge is 0.497 e. The van der Waals surface area contributed by atoms with Gasteiger partial charge in [-0.2, -0.15) is 0 Å². The van der Waals surface area contributed by atoms with Gasteiger partial charge in [-0.05, 0) is 12.1 Å². The highest BCUT2D eigenvalue weighted by Gasteiger charge is 2.08. The van der Waals surface area contributed by atoms with Crippen LogP contribution in [0.2, 0.25) is 0 Å². The van der Waals surface area contributed by atoms with Crippen LogP contribution in [0, 0.1) is 0 Å². The lowest BCUT2D eigenvalue weighted by molar-refractivity contribution is 0.0997. The predicted molar refractivity (Wildman–Crippen MR) is 48.1 cm³/mol. The summed E-state index contributed by atoms with van der Waals surface area (Å²) in [7, 11) is 3.01. The summed E-state index contributed by atoms with van der Waals surface area (Å²) >= 11 is 0. The van der Waals surface area contributed by atoms with Crippen LogP contribution in [0.5, 0.6) is 11.5 Å². The molecule has 1 aromatic carbocycles. The number of hydrogen-bond acceptors (Lipinski definition) is 3. The molecule has 0 heterocycles. The summed E-state index contributed by atoms with van der Waals surface area (Å²) in [5, 5.41) is 0. The lowest BCUT2D eigenvalue weighted by atomic mass is 10.2. The van der Waals surface area contributed by atoms with E-state index in [1.807, 2.05) is 0 Å². The SMILES string of the molecule is COc1ccc(C(N)=O)c(OC)c1. The molecule has 0 saturated heterocycles. The highest BCUT2D eigenvalue weighted by atomic mass is 16.5. The molecule has 0 radical (unpaired) electrons. The van der Waals surface area contributed by atoms with Crippen molar-refractivity contribution in [2.24, 2.45) is 5.73 Å². The third-order valence-corrected chi connectivity index (χ3v) is 1.67. The number of methoxy groups -OCH3 is 2. The van der Waals surface area contributed by atoms with Gasteiger partial charge in [-0.15, -0.1) is 0 Å². The second kappa shape index (κ2) is 3.80. The van der Waals surface area contributed by atoms with Crippen LogP contribution in [0.15, 0.2) is 18.2 Å². The average Bonchev–Trinajstić information content (AvgIpc) is 2.16. The van der Waals surface area contributed by atoms with Crippen molar-refractivity contribution in [3.05, 3.63) is 23.8 Å². The zero-order valence-electron chi connectivity index (χ0n) is 7.53. The van der Waals surface area contributed by atoms with Crippen molar-refractivity contribution < 1.29 is 14.3 Å². The van der Waals surface area contributed by atoms with E-state index in [9.17, 15) is 4.79 Å². The average molecular weight is 181 g/mol. The predicted octanol–water partition coefficient (Wildman–Crippen LogP) is 0.803. The maximum absolute atomic E-state index is 10.9. The van der Waals surface area contributed by atoms with Crippen LogP contribution in [0.3, 0.4) is 0 Å². The van der Waals surface area contributed by atoms with Crippen molar-refractivity contribution >= 4 is 5.91 Å². The third-order valence-electron chi connectivity index (χ3n) is 1.67. The summed E-state index contributed by atoms with van der Waals surface area (Å²) in [6.07, 6.45) is 0. The first-order chi connectivity index (χ1) is 6.19. The normalized spacial score (nSPS) is 9.38. The molecule has 0 aliphatic carbocycles. The van der Waals surface area contributed by atoms with E-state index in [0.29, 0.717) is 17.1 Å². The quantitative estimate of drug-likeness (QED) is 0.750. The fourth-order valence-electron chi connectivity index (χ4n) is 1.00. The zero-order chi connectivity index (χ0) is 9.84. The Morgan fingerprint density at radius 1 is 1.31 bits per heavy atom. The number of carbonyl (C=O) groups is 1. The topological polar surface area (TPSA) is 61.5 Å². The standard InChI is InChI=1S/C9H11NO3/c1-12-6-3-4-7(9(10)11)8(5-6)13-2/h3-5H,1-2H3,(H2,10,11). The van der Waals surface area contributed by atoms with Crippen molar-refractivity contribution in [1.29, 1.82) is 0 Å². The van der Waals surface area contributed by atoms with Gasteiger partial charge in [0, 0.05) is 6.07 Å². The molecule has 0 bridgehead atoms. The van der Waals surface area contributed by atoms with Crippen molar-refractivity contribution in [3.8, 4) is 11.5 Å². The number of hydrogen-bond donors (Lipinski definition) is 1. The summed E-state index contributed by atoms with van der Waals surface area (Å²) in [5.41, 5.74) is 5.47. The Hall–Kier alpha value is -1.71. The van der Waals surface area contributed by atoms with E-state index in [1.54, 1.807) is 25.3 Å². The van der Waals surface area contributed by atoms with Crippen LogP contribution >= 0.6 is 0 Å². The van der Waals surface area contributed by atoms with Crippen molar-refractivity contribution in [2.45, 2.75) is 0 Å². The van der Waals surface area contributed by atoms with E-state index in [2.05, 4.69) is 0 Å². The molecule has 70 valence electrons. The van der Waals surface area contributed by atoms with Gasteiger partial charge in [-0.3, -0.25) is 4.79 Å². The summed E-state index contributed by atoms with van der Waals surface area (Å²) in [4.78, 5) is 10.9. The van der Waals surface area contributed by atoms with E-state index in [1.165, 1.54) is 7.11 Å². The van der Waals surface area contributed by atoms with Crippen LogP contribution in [0.4, 0.5) is 0 Å². The number of benzene rings is 1. The molecule has 0 spiro atoms. The van der Waals surface area contributed by atoms with E-state index in [0.717, 1.165) is 0 Å². The highest BCUT2D eigenvalue weighted by Crippen LogP contribution is 2.23. The number of ether oxygens (including phenoxy) is 2. The Bertz CT molecular complexity index is 323. The van der Waals surface area contributed by atoms with E-state index in [4.69, 9.17) is 15.2 Å². The molecule has 4 heteroatoms. The minimum atomic E-state index is -0.514. The summed E-state index contributed by atoms with van der Waals surface area (Å²) in [6, 6.07) is 4.84. The van der Waals surface area contributed by atoms with E-state index < -0.39 is 5.91 Å². The zero-order valence-corrected chi connectivity index (χ0v) is 7.53. The van der Waals surface area contributed by atoms with Crippen molar-refractivity contribution in [2.75, 3.05) is 14.2 Å². The van der Waals surface area contributed by atoms with Gasteiger partial charge in [0.2, 0.25) is 0 Å². The van der Waals surface area contributed by atoms with Gasteiger partial charge < -0.3 is 15.2 Å². The van der Waals surface area contributed by atoms with Gasteiger partial charge in [-0.1, -0.05) is 0 Å². The monoisotopic (exact) mass is 181 g/mol. The van der Waals surface area contributed by atoms with E-state index in [-0.39, 0.29) is 0 Å². The lowest BCUT2D eigenvalue weighted by Crippen LogP contribution is -2.12. The van der Waals surface area contributed by atoms with Crippen LogP contribution in [0.1, 0.15) is 10.4 Å². The third kappa shape index (κ3) is 1.90. The maximum Gasteiger partial charge on any atom is 0.252 e. The summed E-state index contributed by atoms with van der Waals surface area (Å²) in [5.74, 6) is 0.535. The molecule has 13 heavy (non-hydrogen) atoms. The van der Waals surface area contributed by atoms with Crippen LogP contribution < -0.4 is 15.2 Å². The fraction of sp³-hybridized carbons (Fsp3) is 0.222. The first-order valence-corrected chi connectivity index (χ1v) is 3.71. The Morgan fingerprint density at radius 2 is 2.00 bits per heavy atom. The van der Waals surface area contributed by atoms with E-state index >= 15 is 0 Å². The van der Waals surface area contributed by atoms with Gasteiger partial charge in [0.15, 0.2) is 0 Å². The first-order valence-electron chi connectivity index (χ1n) is 3.71. The minimum Gasteiger partial charge on any atom is -0.497 e. The van der Waals surface area contributed by atoms with Gasteiger partial charge in [-0.25, -0.2) is 0 Å². The Labute approximate surface area is 76.3 Å². The lowest BCUT2D eigenvalue weighted by Gasteiger charge is -2.06. The van der Waals surface area contributed by atoms with Gasteiger partial charge in [0.1, 0.15) is 11.5 Å². The molecule has 0 atom stereocenters.